The maximum Gasteiger partial charge on any atom is 0.337 e. The molecular formula is C9H10O2S. The van der Waals surface area contributed by atoms with E-state index in [4.69, 9.17) is 0 Å². The molecule has 0 unspecified atom stereocenters. The highest BCUT2D eigenvalue weighted by Crippen LogP contribution is 2.15. The lowest BCUT2D eigenvalue weighted by Gasteiger charge is -2.01. The summed E-state index contributed by atoms with van der Waals surface area (Å²) in [7, 11) is 1.36. The van der Waals surface area contributed by atoms with Gasteiger partial charge in [-0.05, 0) is 24.6 Å². The molecule has 1 aromatic carbocycles. The third kappa shape index (κ3) is 1.80. The van der Waals surface area contributed by atoms with Crippen LogP contribution in [0.25, 0.3) is 0 Å². The molecule has 0 aromatic heterocycles. The predicted molar refractivity (Wildman–Crippen MR) is 49.8 cm³/mol. The van der Waals surface area contributed by atoms with Crippen LogP contribution in [0.2, 0.25) is 0 Å². The van der Waals surface area contributed by atoms with Gasteiger partial charge in [0.05, 0.1) is 12.7 Å². The molecule has 3 heteroatoms. The maximum atomic E-state index is 11.0. The van der Waals surface area contributed by atoms with Crippen LogP contribution in [0.5, 0.6) is 0 Å². The summed E-state index contributed by atoms with van der Waals surface area (Å²) in [5.74, 6) is -0.328. The van der Waals surface area contributed by atoms with Gasteiger partial charge in [-0.3, -0.25) is 0 Å². The minimum absolute atomic E-state index is 0.328. The van der Waals surface area contributed by atoms with Gasteiger partial charge >= 0.3 is 5.97 Å². The van der Waals surface area contributed by atoms with Crippen molar-refractivity contribution in [2.75, 3.05) is 7.11 Å². The van der Waals surface area contributed by atoms with Crippen molar-refractivity contribution in [1.29, 1.82) is 0 Å². The van der Waals surface area contributed by atoms with Gasteiger partial charge < -0.3 is 4.74 Å². The Morgan fingerprint density at radius 3 is 2.67 bits per heavy atom. The Kier molecular flexibility index (Phi) is 2.76. The van der Waals surface area contributed by atoms with Gasteiger partial charge in [-0.1, -0.05) is 6.07 Å². The van der Waals surface area contributed by atoms with Crippen LogP contribution in [0.4, 0.5) is 0 Å². The third-order valence-corrected chi connectivity index (χ3v) is 2.11. The lowest BCUT2D eigenvalue weighted by molar-refractivity contribution is 0.0600. The van der Waals surface area contributed by atoms with Crippen molar-refractivity contribution in [2.24, 2.45) is 0 Å². The monoisotopic (exact) mass is 182 g/mol. The summed E-state index contributed by atoms with van der Waals surface area (Å²) >= 11 is 4.19. The van der Waals surface area contributed by atoms with E-state index in [9.17, 15) is 4.79 Å². The van der Waals surface area contributed by atoms with Gasteiger partial charge in [0.1, 0.15) is 0 Å². The number of rotatable bonds is 1. The summed E-state index contributed by atoms with van der Waals surface area (Å²) in [6, 6.07) is 5.26. The fourth-order valence-corrected chi connectivity index (χ4v) is 1.07. The number of esters is 1. The van der Waals surface area contributed by atoms with Crippen molar-refractivity contribution >= 4 is 18.6 Å². The molecular weight excluding hydrogens is 172 g/mol. The highest BCUT2D eigenvalue weighted by Gasteiger charge is 2.05. The van der Waals surface area contributed by atoms with E-state index in [1.165, 1.54) is 7.11 Å². The minimum atomic E-state index is -0.328. The summed E-state index contributed by atoms with van der Waals surface area (Å²) in [6.07, 6.45) is 0. The molecule has 0 heterocycles. The molecule has 0 radical (unpaired) electrons. The maximum absolute atomic E-state index is 11.0. The summed E-state index contributed by atoms with van der Waals surface area (Å²) in [5, 5.41) is 0. The number of hydrogen-bond donors (Lipinski definition) is 1. The molecule has 0 aliphatic heterocycles. The summed E-state index contributed by atoms with van der Waals surface area (Å²) in [5.41, 5.74) is 1.58. The zero-order chi connectivity index (χ0) is 9.14. The van der Waals surface area contributed by atoms with E-state index in [-0.39, 0.29) is 5.97 Å². The lowest BCUT2D eigenvalue weighted by atomic mass is 10.1. The molecule has 0 spiro atoms. The normalized spacial score (nSPS) is 9.58. The van der Waals surface area contributed by atoms with E-state index in [1.807, 2.05) is 13.0 Å². The fraction of sp³-hybridized carbons (Fsp3) is 0.222. The van der Waals surface area contributed by atoms with Crippen LogP contribution in [-0.2, 0) is 4.74 Å². The summed E-state index contributed by atoms with van der Waals surface area (Å²) in [6.45, 7) is 1.93. The first-order valence-corrected chi connectivity index (χ1v) is 3.98. The molecule has 0 N–H and O–H groups in total. The van der Waals surface area contributed by atoms with E-state index in [0.717, 1.165) is 10.5 Å². The Hall–Kier alpha value is -0.960. The van der Waals surface area contributed by atoms with Crippen molar-refractivity contribution < 1.29 is 9.53 Å². The molecule has 0 amide bonds. The van der Waals surface area contributed by atoms with Gasteiger partial charge in [0.2, 0.25) is 0 Å². The van der Waals surface area contributed by atoms with Crippen molar-refractivity contribution in [3.63, 3.8) is 0 Å². The average molecular weight is 182 g/mol. The van der Waals surface area contributed by atoms with Crippen molar-refractivity contribution in [1.82, 2.24) is 0 Å². The fourth-order valence-electron chi connectivity index (χ4n) is 0.854. The quantitative estimate of drug-likeness (QED) is 0.531. The number of hydrogen-bond acceptors (Lipinski definition) is 3. The van der Waals surface area contributed by atoms with E-state index >= 15 is 0 Å². The largest absolute Gasteiger partial charge is 0.465 e. The van der Waals surface area contributed by atoms with Crippen LogP contribution in [0.1, 0.15) is 15.9 Å². The smallest absolute Gasteiger partial charge is 0.337 e. The first-order chi connectivity index (χ1) is 5.65. The number of aryl methyl sites for hydroxylation is 1. The zero-order valence-corrected chi connectivity index (χ0v) is 7.89. The molecule has 12 heavy (non-hydrogen) atoms. The first kappa shape index (κ1) is 9.13. The van der Waals surface area contributed by atoms with Gasteiger partial charge in [0.15, 0.2) is 0 Å². The number of carbonyl (C=O) groups excluding carboxylic acids is 1. The molecule has 0 aliphatic rings. The van der Waals surface area contributed by atoms with Gasteiger partial charge in [-0.15, -0.1) is 12.6 Å². The van der Waals surface area contributed by atoms with Gasteiger partial charge in [-0.2, -0.15) is 0 Å². The first-order valence-electron chi connectivity index (χ1n) is 3.53. The van der Waals surface area contributed by atoms with Crippen molar-refractivity contribution in [3.8, 4) is 0 Å². The second-order valence-corrected chi connectivity index (χ2v) is 2.97. The van der Waals surface area contributed by atoms with Crippen LogP contribution in [-0.4, -0.2) is 13.1 Å². The highest BCUT2D eigenvalue weighted by atomic mass is 32.1. The van der Waals surface area contributed by atoms with E-state index in [0.29, 0.717) is 5.56 Å². The van der Waals surface area contributed by atoms with Crippen LogP contribution in [0, 0.1) is 6.92 Å². The van der Waals surface area contributed by atoms with Crippen LogP contribution in [0.15, 0.2) is 23.1 Å². The zero-order valence-electron chi connectivity index (χ0n) is 7.00. The molecule has 1 aromatic rings. The highest BCUT2D eigenvalue weighted by molar-refractivity contribution is 7.80. The molecule has 0 saturated carbocycles. The van der Waals surface area contributed by atoms with Gasteiger partial charge in [0.25, 0.3) is 0 Å². The minimum Gasteiger partial charge on any atom is -0.465 e. The topological polar surface area (TPSA) is 26.3 Å². The second-order valence-electron chi connectivity index (χ2n) is 2.49. The SMILES string of the molecule is COC(=O)c1ccc(C)c(S)c1. The molecule has 0 aliphatic carbocycles. The molecule has 0 fully saturated rings. The Morgan fingerprint density at radius 1 is 1.50 bits per heavy atom. The van der Waals surface area contributed by atoms with Crippen LogP contribution >= 0.6 is 12.6 Å². The number of thiol groups is 1. The summed E-state index contributed by atoms with van der Waals surface area (Å²) in [4.78, 5) is 11.8. The number of ether oxygens (including phenoxy) is 1. The van der Waals surface area contributed by atoms with E-state index in [2.05, 4.69) is 17.4 Å². The van der Waals surface area contributed by atoms with Crippen molar-refractivity contribution in [3.05, 3.63) is 29.3 Å². The molecule has 64 valence electrons. The van der Waals surface area contributed by atoms with Crippen LogP contribution < -0.4 is 0 Å². The second kappa shape index (κ2) is 3.63. The van der Waals surface area contributed by atoms with Crippen LogP contribution in [0.3, 0.4) is 0 Å². The molecule has 0 atom stereocenters. The molecule has 1 rings (SSSR count). The number of benzene rings is 1. The molecule has 0 saturated heterocycles. The Morgan fingerprint density at radius 2 is 2.17 bits per heavy atom. The lowest BCUT2D eigenvalue weighted by Crippen LogP contribution is -2.00. The third-order valence-electron chi connectivity index (χ3n) is 1.63. The summed E-state index contributed by atoms with van der Waals surface area (Å²) < 4.78 is 4.56. The van der Waals surface area contributed by atoms with Crippen molar-refractivity contribution in [2.45, 2.75) is 11.8 Å². The standard InChI is InChI=1S/C9H10O2S/c1-6-3-4-7(5-8(6)12)9(10)11-2/h3-5,12H,1-2H3. The Balaban J connectivity index is 3.05. The molecule has 2 nitrogen and oxygen atoms in total. The van der Waals surface area contributed by atoms with Gasteiger partial charge in [-0.25, -0.2) is 4.79 Å². The Labute approximate surface area is 77.0 Å². The average Bonchev–Trinajstić information content (AvgIpc) is 2.08. The number of carbonyl (C=O) groups is 1. The number of methoxy groups -OCH3 is 1. The van der Waals surface area contributed by atoms with E-state index in [1.54, 1.807) is 12.1 Å². The van der Waals surface area contributed by atoms with E-state index < -0.39 is 0 Å². The predicted octanol–water partition coefficient (Wildman–Crippen LogP) is 2.07. The molecule has 0 bridgehead atoms. The van der Waals surface area contributed by atoms with Gasteiger partial charge in [0, 0.05) is 4.90 Å². The Bertz CT molecular complexity index is 307.